The fourth-order valence-corrected chi connectivity index (χ4v) is 4.75. The minimum absolute atomic E-state index is 0.0539. The lowest BCUT2D eigenvalue weighted by Gasteiger charge is -2.16. The molecule has 0 fully saturated rings. The monoisotopic (exact) mass is 570 g/mol. The predicted molar refractivity (Wildman–Crippen MR) is 148 cm³/mol. The average molecular weight is 570 g/mol. The second-order valence-corrected chi connectivity index (χ2v) is 9.37. The molecule has 0 amide bonds. The number of rotatable bonds is 3. The maximum absolute atomic E-state index is 13.2. The van der Waals surface area contributed by atoms with Crippen LogP contribution in [0.1, 0.15) is 0 Å². The fraction of sp³-hybridized carbons (Fsp3) is 0. The zero-order valence-corrected chi connectivity index (χ0v) is 21.0. The van der Waals surface area contributed by atoms with Crippen molar-refractivity contribution in [3.63, 3.8) is 0 Å². The molecular weight excluding hydrogens is 552 g/mol. The number of fused-ring (bicyclic) bond motifs is 2. The summed E-state index contributed by atoms with van der Waals surface area (Å²) in [6.07, 6.45) is 0. The van der Waals surface area contributed by atoms with Crippen molar-refractivity contribution >= 4 is 21.9 Å². The van der Waals surface area contributed by atoms with Gasteiger partial charge in [0, 0.05) is 47.0 Å². The molecule has 0 saturated carbocycles. The lowest BCUT2D eigenvalue weighted by molar-refractivity contribution is 0.404. The standard InChI is InChI=1S/C30H18O12/c31-12-4-19(36)28-21(38)9-24(42-25(28)5-12)13-6-17(34)18(35)7-14(13)27-20(37)10-26-29(30(27)40)22(39)8-23(41-26)11-1-2-15(32)16(33)3-11/h1-10,31-37,40H. The van der Waals surface area contributed by atoms with Gasteiger partial charge in [-0.15, -0.1) is 0 Å². The van der Waals surface area contributed by atoms with Crippen molar-refractivity contribution in [2.75, 3.05) is 0 Å². The van der Waals surface area contributed by atoms with Crippen LogP contribution in [0.2, 0.25) is 0 Å². The molecule has 12 heteroatoms. The Balaban J connectivity index is 1.61. The largest absolute Gasteiger partial charge is 0.508 e. The minimum atomic E-state index is -0.774. The van der Waals surface area contributed by atoms with E-state index in [2.05, 4.69) is 0 Å². The number of phenols is 8. The number of benzene rings is 4. The molecule has 0 unspecified atom stereocenters. The van der Waals surface area contributed by atoms with Crippen molar-refractivity contribution in [2.45, 2.75) is 0 Å². The quantitative estimate of drug-likeness (QED) is 0.137. The molecule has 8 N–H and O–H groups in total. The van der Waals surface area contributed by atoms with Gasteiger partial charge in [-0.3, -0.25) is 9.59 Å². The van der Waals surface area contributed by atoms with Gasteiger partial charge in [-0.25, -0.2) is 0 Å². The van der Waals surface area contributed by atoms with Crippen LogP contribution in [-0.2, 0) is 0 Å². The summed E-state index contributed by atoms with van der Waals surface area (Å²) in [5, 5.41) is 81.6. The Morgan fingerprint density at radius 2 is 1.07 bits per heavy atom. The first-order valence-corrected chi connectivity index (χ1v) is 12.0. The van der Waals surface area contributed by atoms with Gasteiger partial charge in [-0.05, 0) is 30.3 Å². The summed E-state index contributed by atoms with van der Waals surface area (Å²) in [4.78, 5) is 26.0. The molecule has 0 spiro atoms. The molecule has 0 radical (unpaired) electrons. The van der Waals surface area contributed by atoms with Crippen LogP contribution in [0.5, 0.6) is 46.0 Å². The second-order valence-electron chi connectivity index (χ2n) is 9.37. The van der Waals surface area contributed by atoms with E-state index < -0.39 is 62.4 Å². The highest BCUT2D eigenvalue weighted by atomic mass is 16.3. The Kier molecular flexibility index (Phi) is 5.64. The zero-order valence-electron chi connectivity index (χ0n) is 21.0. The van der Waals surface area contributed by atoms with Crippen molar-refractivity contribution in [3.05, 3.63) is 81.1 Å². The van der Waals surface area contributed by atoms with Gasteiger partial charge >= 0.3 is 0 Å². The zero-order chi connectivity index (χ0) is 30.0. The first kappa shape index (κ1) is 26.0. The van der Waals surface area contributed by atoms with Crippen LogP contribution in [0.4, 0.5) is 0 Å². The van der Waals surface area contributed by atoms with Gasteiger partial charge in [0.1, 0.15) is 56.5 Å². The third-order valence-corrected chi connectivity index (χ3v) is 6.68. The normalized spacial score (nSPS) is 11.3. The second kappa shape index (κ2) is 9.13. The number of hydrogen-bond acceptors (Lipinski definition) is 12. The summed E-state index contributed by atoms with van der Waals surface area (Å²) in [6, 6.07) is 10.7. The van der Waals surface area contributed by atoms with E-state index >= 15 is 0 Å². The molecule has 0 bridgehead atoms. The summed E-state index contributed by atoms with van der Waals surface area (Å²) < 4.78 is 11.4. The van der Waals surface area contributed by atoms with Gasteiger partial charge in [-0.2, -0.15) is 0 Å². The van der Waals surface area contributed by atoms with Gasteiger partial charge in [-0.1, -0.05) is 0 Å². The number of aromatic hydroxyl groups is 8. The van der Waals surface area contributed by atoms with Gasteiger partial charge < -0.3 is 49.7 Å². The van der Waals surface area contributed by atoms with Crippen LogP contribution < -0.4 is 10.9 Å². The van der Waals surface area contributed by atoms with Crippen LogP contribution >= 0.6 is 0 Å². The highest BCUT2D eigenvalue weighted by Gasteiger charge is 2.25. The number of phenolic OH excluding ortho intramolecular Hbond substituents is 8. The summed E-state index contributed by atoms with van der Waals surface area (Å²) in [5.41, 5.74) is -2.46. The van der Waals surface area contributed by atoms with Crippen LogP contribution in [0.3, 0.4) is 0 Å². The molecule has 0 atom stereocenters. The van der Waals surface area contributed by atoms with E-state index in [1.165, 1.54) is 12.1 Å². The lowest BCUT2D eigenvalue weighted by Crippen LogP contribution is -2.03. The maximum atomic E-state index is 13.2. The fourth-order valence-electron chi connectivity index (χ4n) is 4.75. The Labute approximate surface area is 232 Å². The van der Waals surface area contributed by atoms with Crippen molar-refractivity contribution in [1.29, 1.82) is 0 Å². The molecule has 2 aromatic heterocycles. The molecule has 4 aromatic carbocycles. The molecular formula is C30H18O12. The van der Waals surface area contributed by atoms with Gasteiger partial charge in [0.2, 0.25) is 0 Å². The minimum Gasteiger partial charge on any atom is -0.508 e. The molecule has 0 aliphatic rings. The Morgan fingerprint density at radius 3 is 1.79 bits per heavy atom. The first-order chi connectivity index (χ1) is 19.9. The highest BCUT2D eigenvalue weighted by Crippen LogP contribution is 2.49. The SMILES string of the molecule is O=c1cc(-c2cc(O)c(O)cc2-c2c(O)cc3oc(-c4ccc(O)c(O)c4)cc(=O)c3c2O)oc2cc(O)cc(O)c12. The van der Waals surface area contributed by atoms with Crippen LogP contribution in [0.25, 0.3) is 55.7 Å². The molecule has 6 aromatic rings. The van der Waals surface area contributed by atoms with E-state index in [1.807, 2.05) is 0 Å². The van der Waals surface area contributed by atoms with Crippen molar-refractivity contribution in [3.8, 4) is 79.8 Å². The van der Waals surface area contributed by atoms with Gasteiger partial charge in [0.15, 0.2) is 33.9 Å². The van der Waals surface area contributed by atoms with Crippen LogP contribution in [0.15, 0.2) is 79.1 Å². The van der Waals surface area contributed by atoms with Gasteiger partial charge in [0.05, 0.1) is 5.56 Å². The van der Waals surface area contributed by atoms with E-state index in [9.17, 15) is 50.4 Å². The summed E-state index contributed by atoms with van der Waals surface area (Å²) in [5.74, 6) is -4.88. The molecule has 0 aliphatic carbocycles. The van der Waals surface area contributed by atoms with E-state index in [-0.39, 0.29) is 50.1 Å². The van der Waals surface area contributed by atoms with Crippen LogP contribution in [-0.4, -0.2) is 40.9 Å². The summed E-state index contributed by atoms with van der Waals surface area (Å²) in [7, 11) is 0. The Bertz CT molecular complexity index is 2230. The molecule has 2 heterocycles. The molecule has 0 aliphatic heterocycles. The first-order valence-electron chi connectivity index (χ1n) is 12.0. The third kappa shape index (κ3) is 4.02. The highest BCUT2D eigenvalue weighted by molar-refractivity contribution is 5.99. The number of hydrogen-bond donors (Lipinski definition) is 8. The molecule has 0 saturated heterocycles. The summed E-state index contributed by atoms with van der Waals surface area (Å²) >= 11 is 0. The summed E-state index contributed by atoms with van der Waals surface area (Å²) in [6.45, 7) is 0. The Hall–Kier alpha value is -6.30. The van der Waals surface area contributed by atoms with E-state index in [0.29, 0.717) is 0 Å². The molecule has 6 rings (SSSR count). The predicted octanol–water partition coefficient (Wildman–Crippen LogP) is 4.55. The smallest absolute Gasteiger partial charge is 0.197 e. The molecule has 210 valence electrons. The average Bonchev–Trinajstić information content (AvgIpc) is 2.90. The van der Waals surface area contributed by atoms with E-state index in [0.717, 1.165) is 48.5 Å². The van der Waals surface area contributed by atoms with Crippen molar-refractivity contribution < 1.29 is 49.7 Å². The Morgan fingerprint density at radius 1 is 0.476 bits per heavy atom. The van der Waals surface area contributed by atoms with Gasteiger partial charge in [0.25, 0.3) is 0 Å². The van der Waals surface area contributed by atoms with Crippen LogP contribution in [0, 0.1) is 0 Å². The molecule has 42 heavy (non-hydrogen) atoms. The van der Waals surface area contributed by atoms with E-state index in [4.69, 9.17) is 8.83 Å². The maximum Gasteiger partial charge on any atom is 0.197 e. The topological polar surface area (TPSA) is 222 Å². The molecule has 12 nitrogen and oxygen atoms in total. The van der Waals surface area contributed by atoms with E-state index in [1.54, 1.807) is 0 Å². The lowest BCUT2D eigenvalue weighted by atomic mass is 9.93. The third-order valence-electron chi connectivity index (χ3n) is 6.68. The van der Waals surface area contributed by atoms with Crippen molar-refractivity contribution in [2.24, 2.45) is 0 Å². The van der Waals surface area contributed by atoms with Crippen molar-refractivity contribution in [1.82, 2.24) is 0 Å².